The first kappa shape index (κ1) is 19.0. The van der Waals surface area contributed by atoms with Crippen molar-refractivity contribution in [2.45, 2.75) is 31.6 Å². The van der Waals surface area contributed by atoms with E-state index in [1.165, 1.54) is 36.5 Å². The van der Waals surface area contributed by atoms with Gasteiger partial charge in [-0.3, -0.25) is 4.90 Å². The average molecular weight is 354 g/mol. The number of anilines is 1. The molecule has 3 rings (SSSR count). The molecule has 0 amide bonds. The van der Waals surface area contributed by atoms with Crippen LogP contribution in [0.2, 0.25) is 0 Å². The average Bonchev–Trinajstić information content (AvgIpc) is 3.11. The summed E-state index contributed by atoms with van der Waals surface area (Å²) in [4.78, 5) is 9.58. The first-order valence-corrected chi connectivity index (χ1v) is 8.28. The Morgan fingerprint density at radius 3 is 2.43 bits per heavy atom. The zero-order valence-electron chi connectivity index (χ0n) is 12.2. The second kappa shape index (κ2) is 9.16. The molecule has 2 heterocycles. The molecule has 0 unspecified atom stereocenters. The largest absolute Gasteiger partial charge is 0.395 e. The van der Waals surface area contributed by atoms with Gasteiger partial charge in [-0.15, -0.1) is 36.2 Å². The number of β-amino-alcohol motifs (C(OH)–C–C–N with tert-alkyl or cyclic N) is 1. The summed E-state index contributed by atoms with van der Waals surface area (Å²) in [5.41, 5.74) is 1.33. The molecule has 4 nitrogen and oxygen atoms in total. The van der Waals surface area contributed by atoms with E-state index in [0.29, 0.717) is 0 Å². The number of rotatable bonds is 4. The maximum absolute atomic E-state index is 8.96. The predicted octanol–water partition coefficient (Wildman–Crippen LogP) is 2.76. The Hall–Kier alpha value is -0.0700. The Kier molecular flexibility index (Phi) is 8.27. The van der Waals surface area contributed by atoms with Crippen molar-refractivity contribution in [3.63, 3.8) is 0 Å². The molecule has 122 valence electrons. The van der Waals surface area contributed by atoms with Crippen LogP contribution in [0, 0.1) is 0 Å². The second-order valence-corrected chi connectivity index (χ2v) is 6.43. The van der Waals surface area contributed by atoms with Crippen molar-refractivity contribution in [3.05, 3.63) is 11.1 Å². The first-order chi connectivity index (χ1) is 9.36. The molecule has 1 saturated heterocycles. The molecule has 2 fully saturated rings. The highest BCUT2D eigenvalue weighted by Gasteiger charge is 2.23. The van der Waals surface area contributed by atoms with Crippen LogP contribution in [0.3, 0.4) is 0 Å². The lowest BCUT2D eigenvalue weighted by Gasteiger charge is -2.34. The Morgan fingerprint density at radius 2 is 1.81 bits per heavy atom. The van der Waals surface area contributed by atoms with Gasteiger partial charge in [-0.25, -0.2) is 4.98 Å². The molecule has 0 spiro atoms. The van der Waals surface area contributed by atoms with Crippen LogP contribution < -0.4 is 4.90 Å². The molecule has 1 saturated carbocycles. The van der Waals surface area contributed by atoms with Crippen molar-refractivity contribution in [1.82, 2.24) is 9.88 Å². The van der Waals surface area contributed by atoms with E-state index in [9.17, 15) is 0 Å². The fourth-order valence-electron chi connectivity index (χ4n) is 3.13. The molecule has 1 aromatic heterocycles. The smallest absolute Gasteiger partial charge is 0.185 e. The fraction of sp³-hybridized carbons (Fsp3) is 0.786. The Morgan fingerprint density at radius 1 is 1.14 bits per heavy atom. The van der Waals surface area contributed by atoms with Gasteiger partial charge >= 0.3 is 0 Å². The summed E-state index contributed by atoms with van der Waals surface area (Å²) in [5.74, 6) is 0.723. The zero-order chi connectivity index (χ0) is 13.1. The van der Waals surface area contributed by atoms with Crippen LogP contribution in [0.15, 0.2) is 5.38 Å². The molecule has 0 atom stereocenters. The lowest BCUT2D eigenvalue weighted by Crippen LogP contribution is -2.47. The highest BCUT2D eigenvalue weighted by Crippen LogP contribution is 2.36. The Bertz CT molecular complexity index is 405. The van der Waals surface area contributed by atoms with E-state index in [-0.39, 0.29) is 31.4 Å². The summed E-state index contributed by atoms with van der Waals surface area (Å²) in [7, 11) is 0. The van der Waals surface area contributed by atoms with Gasteiger partial charge < -0.3 is 10.0 Å². The minimum atomic E-state index is 0. The third-order valence-electron chi connectivity index (χ3n) is 4.34. The van der Waals surface area contributed by atoms with E-state index in [1.807, 2.05) is 0 Å². The van der Waals surface area contributed by atoms with E-state index in [2.05, 4.69) is 15.2 Å². The third-order valence-corrected chi connectivity index (χ3v) is 5.26. The van der Waals surface area contributed by atoms with Gasteiger partial charge in [0.05, 0.1) is 12.3 Å². The topological polar surface area (TPSA) is 39.6 Å². The highest BCUT2D eigenvalue weighted by atomic mass is 35.5. The monoisotopic (exact) mass is 353 g/mol. The van der Waals surface area contributed by atoms with Gasteiger partial charge in [-0.2, -0.15) is 0 Å². The van der Waals surface area contributed by atoms with Crippen molar-refractivity contribution in [3.8, 4) is 0 Å². The number of aromatic nitrogens is 1. The van der Waals surface area contributed by atoms with Crippen molar-refractivity contribution >= 4 is 41.3 Å². The molecular weight excluding hydrogens is 329 g/mol. The fourth-order valence-corrected chi connectivity index (χ4v) is 4.10. The van der Waals surface area contributed by atoms with Crippen LogP contribution in [-0.2, 0) is 0 Å². The van der Waals surface area contributed by atoms with Gasteiger partial charge in [0.15, 0.2) is 5.13 Å². The summed E-state index contributed by atoms with van der Waals surface area (Å²) in [6.07, 6.45) is 5.40. The van der Waals surface area contributed by atoms with Gasteiger partial charge in [-0.1, -0.05) is 12.8 Å². The van der Waals surface area contributed by atoms with E-state index in [0.717, 1.165) is 38.6 Å². The van der Waals surface area contributed by atoms with Crippen molar-refractivity contribution < 1.29 is 5.11 Å². The van der Waals surface area contributed by atoms with Crippen LogP contribution in [0.5, 0.6) is 0 Å². The van der Waals surface area contributed by atoms with Crippen LogP contribution in [-0.4, -0.2) is 54.3 Å². The summed E-state index contributed by atoms with van der Waals surface area (Å²) in [6, 6.07) is 0. The minimum Gasteiger partial charge on any atom is -0.395 e. The summed E-state index contributed by atoms with van der Waals surface area (Å²) in [5, 5.41) is 12.4. The Labute approximate surface area is 143 Å². The lowest BCUT2D eigenvalue weighted by atomic mass is 10.1. The van der Waals surface area contributed by atoms with Gasteiger partial charge in [0.2, 0.25) is 0 Å². The number of aliphatic hydroxyl groups is 1. The van der Waals surface area contributed by atoms with Crippen LogP contribution >= 0.6 is 36.2 Å². The predicted molar refractivity (Wildman–Crippen MR) is 93.6 cm³/mol. The van der Waals surface area contributed by atoms with Crippen LogP contribution in [0.4, 0.5) is 5.13 Å². The maximum atomic E-state index is 8.96. The SMILES string of the molecule is Cl.Cl.OCCN1CCN(c2nc(C3CCCC3)cs2)CC1. The van der Waals surface area contributed by atoms with E-state index in [4.69, 9.17) is 10.1 Å². The number of nitrogens with zero attached hydrogens (tertiary/aromatic N) is 3. The molecule has 0 aromatic carbocycles. The number of halogens is 2. The van der Waals surface area contributed by atoms with Crippen molar-refractivity contribution in [2.75, 3.05) is 44.2 Å². The molecule has 1 aromatic rings. The minimum absolute atomic E-state index is 0. The molecule has 2 aliphatic rings. The molecule has 1 N–H and O–H groups in total. The van der Waals surface area contributed by atoms with Crippen molar-refractivity contribution in [1.29, 1.82) is 0 Å². The quantitative estimate of drug-likeness (QED) is 0.903. The van der Waals surface area contributed by atoms with E-state index >= 15 is 0 Å². The molecule has 0 bridgehead atoms. The van der Waals surface area contributed by atoms with E-state index in [1.54, 1.807) is 11.3 Å². The molecule has 1 aliphatic carbocycles. The number of piperazine rings is 1. The Balaban J connectivity index is 0.00000110. The standard InChI is InChI=1S/C14H23N3OS.2ClH/c18-10-9-16-5-7-17(8-6-16)14-15-13(11-19-14)12-3-1-2-4-12;;/h11-12,18H,1-10H2;2*1H. The summed E-state index contributed by atoms with van der Waals surface area (Å²) < 4.78 is 0. The lowest BCUT2D eigenvalue weighted by molar-refractivity contribution is 0.189. The van der Waals surface area contributed by atoms with Crippen LogP contribution in [0.25, 0.3) is 0 Å². The van der Waals surface area contributed by atoms with Gasteiger partial charge in [-0.05, 0) is 12.8 Å². The number of hydrogen-bond acceptors (Lipinski definition) is 5. The molecule has 1 aliphatic heterocycles. The zero-order valence-corrected chi connectivity index (χ0v) is 14.7. The first-order valence-electron chi connectivity index (χ1n) is 7.40. The van der Waals surface area contributed by atoms with Gasteiger partial charge in [0, 0.05) is 44.0 Å². The van der Waals surface area contributed by atoms with Crippen molar-refractivity contribution in [2.24, 2.45) is 0 Å². The second-order valence-electron chi connectivity index (χ2n) is 5.59. The molecular formula is C14H25Cl2N3OS. The third kappa shape index (κ3) is 4.70. The summed E-state index contributed by atoms with van der Waals surface area (Å²) >= 11 is 1.80. The highest BCUT2D eigenvalue weighted by molar-refractivity contribution is 7.13. The number of thiazole rings is 1. The van der Waals surface area contributed by atoms with Crippen LogP contribution in [0.1, 0.15) is 37.3 Å². The van der Waals surface area contributed by atoms with Gasteiger partial charge in [0.25, 0.3) is 0 Å². The molecule has 7 heteroatoms. The summed E-state index contributed by atoms with van der Waals surface area (Å²) in [6.45, 7) is 5.23. The number of hydrogen-bond donors (Lipinski definition) is 1. The normalized spacial score (nSPS) is 20.1. The van der Waals surface area contributed by atoms with E-state index < -0.39 is 0 Å². The number of aliphatic hydroxyl groups excluding tert-OH is 1. The molecule has 0 radical (unpaired) electrons. The van der Waals surface area contributed by atoms with Gasteiger partial charge in [0.1, 0.15) is 0 Å². The molecule has 21 heavy (non-hydrogen) atoms. The maximum Gasteiger partial charge on any atom is 0.185 e.